The van der Waals surface area contributed by atoms with E-state index in [1.54, 1.807) is 17.8 Å². The standard InChI is InChI=1S/C18H18Cl3NOS/c19-15-4-2-1-3-14(15)6-8-18(23)22-9-10-24-12-13-5-7-16(20)17(21)11-13/h1-5,7,11H,6,8-10,12H2,(H,22,23). The molecule has 6 heteroatoms. The first-order valence-corrected chi connectivity index (χ1v) is 9.87. The lowest BCUT2D eigenvalue weighted by atomic mass is 10.1. The molecule has 0 aliphatic carbocycles. The molecule has 2 aromatic carbocycles. The Morgan fingerprint density at radius 1 is 1.00 bits per heavy atom. The van der Waals surface area contributed by atoms with Crippen LogP contribution in [0.2, 0.25) is 15.1 Å². The molecule has 1 N–H and O–H groups in total. The molecule has 0 aliphatic heterocycles. The van der Waals surface area contributed by atoms with Crippen molar-refractivity contribution >= 4 is 52.5 Å². The van der Waals surface area contributed by atoms with Crippen molar-refractivity contribution in [2.45, 2.75) is 18.6 Å². The molecule has 0 fully saturated rings. The quantitative estimate of drug-likeness (QED) is 0.580. The lowest BCUT2D eigenvalue weighted by molar-refractivity contribution is -0.120. The van der Waals surface area contributed by atoms with Gasteiger partial charge in [-0.2, -0.15) is 11.8 Å². The van der Waals surface area contributed by atoms with Crippen molar-refractivity contribution in [3.8, 4) is 0 Å². The number of rotatable bonds is 8. The number of carbonyl (C=O) groups excluding carboxylic acids is 1. The number of nitrogens with one attached hydrogen (secondary N) is 1. The average Bonchev–Trinajstić information content (AvgIpc) is 2.57. The summed E-state index contributed by atoms with van der Waals surface area (Å²) in [4.78, 5) is 11.8. The Morgan fingerprint density at radius 3 is 2.54 bits per heavy atom. The molecule has 0 bridgehead atoms. The maximum absolute atomic E-state index is 11.8. The monoisotopic (exact) mass is 401 g/mol. The highest BCUT2D eigenvalue weighted by atomic mass is 35.5. The minimum absolute atomic E-state index is 0.0463. The van der Waals surface area contributed by atoms with Crippen LogP contribution in [0.4, 0.5) is 0 Å². The van der Waals surface area contributed by atoms with Crippen molar-refractivity contribution in [3.05, 3.63) is 68.7 Å². The lowest BCUT2D eigenvalue weighted by Crippen LogP contribution is -2.25. The van der Waals surface area contributed by atoms with Crippen LogP contribution in [0.3, 0.4) is 0 Å². The van der Waals surface area contributed by atoms with Crippen LogP contribution in [0.15, 0.2) is 42.5 Å². The Bertz CT molecular complexity index is 694. The molecule has 0 unspecified atom stereocenters. The Balaban J connectivity index is 1.61. The fourth-order valence-electron chi connectivity index (χ4n) is 2.12. The van der Waals surface area contributed by atoms with Crippen LogP contribution >= 0.6 is 46.6 Å². The predicted octanol–water partition coefficient (Wildman–Crippen LogP) is 5.63. The molecule has 0 heterocycles. The number of aryl methyl sites for hydroxylation is 1. The van der Waals surface area contributed by atoms with Crippen molar-refractivity contribution in [2.75, 3.05) is 12.3 Å². The summed E-state index contributed by atoms with van der Waals surface area (Å²) in [6.45, 7) is 0.646. The number of hydrogen-bond acceptors (Lipinski definition) is 2. The van der Waals surface area contributed by atoms with E-state index in [1.807, 2.05) is 36.4 Å². The molecular weight excluding hydrogens is 385 g/mol. The van der Waals surface area contributed by atoms with Crippen molar-refractivity contribution in [1.82, 2.24) is 5.32 Å². The number of halogens is 3. The van der Waals surface area contributed by atoms with Gasteiger partial charge in [0.05, 0.1) is 10.0 Å². The fraction of sp³-hybridized carbons (Fsp3) is 0.278. The van der Waals surface area contributed by atoms with Gasteiger partial charge in [0.25, 0.3) is 0 Å². The second-order valence-electron chi connectivity index (χ2n) is 5.24. The average molecular weight is 403 g/mol. The van der Waals surface area contributed by atoms with E-state index in [0.29, 0.717) is 34.5 Å². The van der Waals surface area contributed by atoms with Gasteiger partial charge in [-0.3, -0.25) is 4.79 Å². The highest BCUT2D eigenvalue weighted by Crippen LogP contribution is 2.24. The van der Waals surface area contributed by atoms with E-state index in [9.17, 15) is 4.79 Å². The molecule has 0 aromatic heterocycles. The summed E-state index contributed by atoms with van der Waals surface area (Å²) in [5.41, 5.74) is 2.13. The Hall–Kier alpha value is -0.870. The second-order valence-corrected chi connectivity index (χ2v) is 7.57. The van der Waals surface area contributed by atoms with Crippen LogP contribution < -0.4 is 5.32 Å². The lowest BCUT2D eigenvalue weighted by Gasteiger charge is -2.07. The van der Waals surface area contributed by atoms with E-state index in [2.05, 4.69) is 5.32 Å². The van der Waals surface area contributed by atoms with Gasteiger partial charge >= 0.3 is 0 Å². The summed E-state index contributed by atoms with van der Waals surface area (Å²) in [5, 5.41) is 4.78. The van der Waals surface area contributed by atoms with Gasteiger partial charge in [0.1, 0.15) is 0 Å². The third-order valence-corrected chi connectivity index (χ3v) is 5.54. The van der Waals surface area contributed by atoms with Gasteiger partial charge in [0.2, 0.25) is 5.91 Å². The number of amides is 1. The van der Waals surface area contributed by atoms with Gasteiger partial charge in [-0.15, -0.1) is 0 Å². The first kappa shape index (κ1) is 19.5. The van der Waals surface area contributed by atoms with E-state index in [-0.39, 0.29) is 5.91 Å². The normalized spacial score (nSPS) is 10.6. The highest BCUT2D eigenvalue weighted by molar-refractivity contribution is 7.98. The van der Waals surface area contributed by atoms with E-state index >= 15 is 0 Å². The Kier molecular flexibility index (Phi) is 8.26. The largest absolute Gasteiger partial charge is 0.355 e. The Labute approximate surface area is 161 Å². The molecule has 0 saturated carbocycles. The van der Waals surface area contributed by atoms with E-state index < -0.39 is 0 Å². The molecule has 2 aromatic rings. The van der Waals surface area contributed by atoms with Gasteiger partial charge in [-0.05, 0) is 35.7 Å². The molecule has 0 radical (unpaired) electrons. The summed E-state index contributed by atoms with van der Waals surface area (Å²) in [7, 11) is 0. The number of benzene rings is 2. The topological polar surface area (TPSA) is 29.1 Å². The number of thioether (sulfide) groups is 1. The zero-order valence-electron chi connectivity index (χ0n) is 13.0. The van der Waals surface area contributed by atoms with Crippen molar-refractivity contribution in [3.63, 3.8) is 0 Å². The van der Waals surface area contributed by atoms with Crippen LogP contribution in [0.25, 0.3) is 0 Å². The summed E-state index contributed by atoms with van der Waals surface area (Å²) in [6.07, 6.45) is 1.10. The third kappa shape index (κ3) is 6.56. The molecule has 0 spiro atoms. The third-order valence-electron chi connectivity index (χ3n) is 3.40. The van der Waals surface area contributed by atoms with E-state index in [0.717, 1.165) is 22.6 Å². The van der Waals surface area contributed by atoms with Gasteiger partial charge in [-0.25, -0.2) is 0 Å². The molecular formula is C18H18Cl3NOS. The minimum atomic E-state index is 0.0463. The molecule has 0 atom stereocenters. The fourth-order valence-corrected chi connectivity index (χ4v) is 3.48. The van der Waals surface area contributed by atoms with Gasteiger partial charge in [-0.1, -0.05) is 59.1 Å². The summed E-state index contributed by atoms with van der Waals surface area (Å²) in [5.74, 6) is 1.73. The van der Waals surface area contributed by atoms with Crippen molar-refractivity contribution in [2.24, 2.45) is 0 Å². The van der Waals surface area contributed by atoms with Crippen LogP contribution in [0, 0.1) is 0 Å². The number of carbonyl (C=O) groups is 1. The SMILES string of the molecule is O=C(CCc1ccccc1Cl)NCCSCc1ccc(Cl)c(Cl)c1. The van der Waals surface area contributed by atoms with E-state index in [1.165, 1.54) is 0 Å². The van der Waals surface area contributed by atoms with Gasteiger partial charge in [0.15, 0.2) is 0 Å². The van der Waals surface area contributed by atoms with Gasteiger partial charge < -0.3 is 5.32 Å². The van der Waals surface area contributed by atoms with Gasteiger partial charge in [0, 0.05) is 29.5 Å². The maximum atomic E-state index is 11.8. The summed E-state index contributed by atoms with van der Waals surface area (Å²) >= 11 is 19.7. The van der Waals surface area contributed by atoms with Crippen molar-refractivity contribution < 1.29 is 4.79 Å². The smallest absolute Gasteiger partial charge is 0.220 e. The number of hydrogen-bond donors (Lipinski definition) is 1. The first-order valence-electron chi connectivity index (χ1n) is 7.58. The zero-order valence-corrected chi connectivity index (χ0v) is 16.1. The molecule has 2 rings (SSSR count). The highest BCUT2D eigenvalue weighted by Gasteiger charge is 2.05. The van der Waals surface area contributed by atoms with Crippen LogP contribution in [0.1, 0.15) is 17.5 Å². The molecule has 2 nitrogen and oxygen atoms in total. The Morgan fingerprint density at radius 2 is 1.79 bits per heavy atom. The second kappa shape index (κ2) is 10.2. The molecule has 128 valence electrons. The van der Waals surface area contributed by atoms with Crippen molar-refractivity contribution in [1.29, 1.82) is 0 Å². The first-order chi connectivity index (χ1) is 11.6. The molecule has 1 amide bonds. The zero-order chi connectivity index (χ0) is 17.4. The van der Waals surface area contributed by atoms with E-state index in [4.69, 9.17) is 34.8 Å². The summed E-state index contributed by atoms with van der Waals surface area (Å²) < 4.78 is 0. The predicted molar refractivity (Wildman–Crippen MR) is 105 cm³/mol. The molecule has 0 saturated heterocycles. The van der Waals surface area contributed by atoms with Crippen LogP contribution in [-0.2, 0) is 17.0 Å². The van der Waals surface area contributed by atoms with Crippen LogP contribution in [-0.4, -0.2) is 18.2 Å². The minimum Gasteiger partial charge on any atom is -0.355 e. The van der Waals surface area contributed by atoms with Crippen LogP contribution in [0.5, 0.6) is 0 Å². The maximum Gasteiger partial charge on any atom is 0.220 e. The molecule has 0 aliphatic rings. The summed E-state index contributed by atoms with van der Waals surface area (Å²) in [6, 6.07) is 13.2. The molecule has 24 heavy (non-hydrogen) atoms.